The second kappa shape index (κ2) is 9.19. The molecular weight excluding hydrogens is 396 g/mol. The molecule has 0 aliphatic rings. The van der Waals surface area contributed by atoms with E-state index in [4.69, 9.17) is 14.7 Å². The zero-order valence-corrected chi connectivity index (χ0v) is 19.9. The number of hydrogen-bond acceptors (Lipinski definition) is 5. The lowest BCUT2D eigenvalue weighted by atomic mass is 9.93. The van der Waals surface area contributed by atoms with Crippen LogP contribution in [0.4, 0.5) is 0 Å². The third-order valence-electron chi connectivity index (χ3n) is 6.12. The van der Waals surface area contributed by atoms with E-state index in [0.717, 1.165) is 47.1 Å². The van der Waals surface area contributed by atoms with Gasteiger partial charge in [0.25, 0.3) is 0 Å². The fraction of sp³-hybridized carbons (Fsp3) is 0.407. The summed E-state index contributed by atoms with van der Waals surface area (Å²) in [7, 11) is 1.66. The molecule has 0 saturated carbocycles. The minimum absolute atomic E-state index is 0.367. The Bertz CT molecular complexity index is 1260. The first-order valence-electron chi connectivity index (χ1n) is 11.5. The highest BCUT2D eigenvalue weighted by molar-refractivity contribution is 5.87. The van der Waals surface area contributed by atoms with Crippen LogP contribution >= 0.6 is 0 Å². The molecule has 166 valence electrons. The summed E-state index contributed by atoms with van der Waals surface area (Å²) in [5, 5.41) is 2.34. The van der Waals surface area contributed by atoms with Crippen molar-refractivity contribution in [3.63, 3.8) is 0 Å². The van der Waals surface area contributed by atoms with E-state index in [9.17, 15) is 0 Å². The number of rotatable bonds is 7. The maximum atomic E-state index is 5.60. The Labute approximate surface area is 190 Å². The van der Waals surface area contributed by atoms with Crippen LogP contribution in [0.5, 0.6) is 5.88 Å². The van der Waals surface area contributed by atoms with Gasteiger partial charge < -0.3 is 4.74 Å². The Balaban J connectivity index is 1.75. The van der Waals surface area contributed by atoms with Gasteiger partial charge in [0, 0.05) is 34.6 Å². The number of ether oxygens (including phenoxy) is 1. The normalized spacial score (nSPS) is 11.8. The van der Waals surface area contributed by atoms with Gasteiger partial charge in [-0.15, -0.1) is 0 Å². The molecule has 32 heavy (non-hydrogen) atoms. The van der Waals surface area contributed by atoms with Gasteiger partial charge in [-0.05, 0) is 66.0 Å². The average Bonchev–Trinajstić information content (AvgIpc) is 2.80. The fourth-order valence-corrected chi connectivity index (χ4v) is 4.45. The lowest BCUT2D eigenvalue weighted by Gasteiger charge is -2.16. The average molecular weight is 429 g/mol. The van der Waals surface area contributed by atoms with Crippen LogP contribution in [0.25, 0.3) is 21.8 Å². The van der Waals surface area contributed by atoms with Gasteiger partial charge in [0.2, 0.25) is 5.88 Å². The molecule has 0 saturated heterocycles. The van der Waals surface area contributed by atoms with Crippen molar-refractivity contribution in [2.24, 2.45) is 0 Å². The van der Waals surface area contributed by atoms with Gasteiger partial charge in [-0.25, -0.2) is 4.98 Å². The summed E-state index contributed by atoms with van der Waals surface area (Å²) in [5.74, 6) is 1.36. The van der Waals surface area contributed by atoms with Gasteiger partial charge in [-0.3, -0.25) is 15.0 Å². The van der Waals surface area contributed by atoms with Gasteiger partial charge in [-0.2, -0.15) is 0 Å². The molecule has 0 spiro atoms. The third kappa shape index (κ3) is 4.16. The quantitative estimate of drug-likeness (QED) is 0.352. The van der Waals surface area contributed by atoms with E-state index in [-0.39, 0.29) is 0 Å². The number of fused-ring (bicyclic) bond motifs is 2. The molecule has 0 aromatic carbocycles. The monoisotopic (exact) mass is 428 g/mol. The largest absolute Gasteiger partial charge is 0.479 e. The van der Waals surface area contributed by atoms with Crippen molar-refractivity contribution in [3.05, 3.63) is 64.9 Å². The zero-order chi connectivity index (χ0) is 22.8. The molecule has 0 aliphatic heterocycles. The standard InChI is InChI=1S/C27H32N4O/c1-7-18-12-22-24(29-14-18)15-30-23(25(22)17(4)5)9-8-19-13-21-20(16(2)3)10-11-28-26(21)27(31-19)32-6/h10-17H,7-9H2,1-6H3. The van der Waals surface area contributed by atoms with Crippen molar-refractivity contribution in [3.8, 4) is 5.88 Å². The molecule has 4 heterocycles. The highest BCUT2D eigenvalue weighted by Gasteiger charge is 2.16. The van der Waals surface area contributed by atoms with Gasteiger partial charge in [0.05, 0.1) is 18.8 Å². The molecule has 0 atom stereocenters. The molecule has 0 fully saturated rings. The predicted molar refractivity (Wildman–Crippen MR) is 131 cm³/mol. The van der Waals surface area contributed by atoms with Crippen molar-refractivity contribution >= 4 is 21.8 Å². The summed E-state index contributed by atoms with van der Waals surface area (Å²) in [5.41, 5.74) is 7.73. The highest BCUT2D eigenvalue weighted by atomic mass is 16.5. The minimum atomic E-state index is 0.367. The number of nitrogens with zero attached hydrogens (tertiary/aromatic N) is 4. The number of methoxy groups -OCH3 is 1. The van der Waals surface area contributed by atoms with Crippen molar-refractivity contribution in [1.82, 2.24) is 19.9 Å². The van der Waals surface area contributed by atoms with Crippen LogP contribution in [-0.4, -0.2) is 27.0 Å². The van der Waals surface area contributed by atoms with Gasteiger partial charge >= 0.3 is 0 Å². The first-order chi connectivity index (χ1) is 15.4. The SMILES string of the molecule is CCc1cnc2cnc(CCc3cc4c(C(C)C)ccnc4c(OC)n3)c(C(C)C)c2c1. The minimum Gasteiger partial charge on any atom is -0.479 e. The first-order valence-corrected chi connectivity index (χ1v) is 11.5. The highest BCUT2D eigenvalue weighted by Crippen LogP contribution is 2.31. The molecular formula is C27H32N4O. The Morgan fingerprint density at radius 1 is 0.906 bits per heavy atom. The molecule has 5 nitrogen and oxygen atoms in total. The van der Waals surface area contributed by atoms with E-state index >= 15 is 0 Å². The zero-order valence-electron chi connectivity index (χ0n) is 19.9. The second-order valence-corrected chi connectivity index (χ2v) is 8.98. The maximum absolute atomic E-state index is 5.60. The molecule has 4 aromatic rings. The number of hydrogen-bond donors (Lipinski definition) is 0. The lowest BCUT2D eigenvalue weighted by Crippen LogP contribution is -2.06. The Morgan fingerprint density at radius 2 is 1.72 bits per heavy atom. The van der Waals surface area contributed by atoms with Gasteiger partial charge in [0.15, 0.2) is 0 Å². The maximum Gasteiger partial charge on any atom is 0.240 e. The van der Waals surface area contributed by atoms with Crippen LogP contribution < -0.4 is 4.74 Å². The molecule has 0 bridgehead atoms. The van der Waals surface area contributed by atoms with E-state index in [1.807, 2.05) is 18.6 Å². The van der Waals surface area contributed by atoms with E-state index in [0.29, 0.717) is 17.7 Å². The van der Waals surface area contributed by atoms with Crippen molar-refractivity contribution in [2.45, 2.75) is 65.7 Å². The predicted octanol–water partition coefficient (Wildman–Crippen LogP) is 6.18. The van der Waals surface area contributed by atoms with E-state index < -0.39 is 0 Å². The number of aromatic nitrogens is 4. The number of aryl methyl sites for hydroxylation is 3. The smallest absolute Gasteiger partial charge is 0.240 e. The van der Waals surface area contributed by atoms with Crippen LogP contribution in [0.15, 0.2) is 36.8 Å². The molecule has 0 radical (unpaired) electrons. The molecule has 4 aromatic heterocycles. The van der Waals surface area contributed by atoms with Crippen LogP contribution in [-0.2, 0) is 19.3 Å². The van der Waals surface area contributed by atoms with Gasteiger partial charge in [0.1, 0.15) is 5.52 Å². The van der Waals surface area contributed by atoms with E-state index in [1.165, 1.54) is 22.1 Å². The van der Waals surface area contributed by atoms with Crippen molar-refractivity contribution in [1.29, 1.82) is 0 Å². The summed E-state index contributed by atoms with van der Waals surface area (Å²) in [4.78, 5) is 18.8. The Hall–Kier alpha value is -3.08. The van der Waals surface area contributed by atoms with Crippen LogP contribution in [0.2, 0.25) is 0 Å². The summed E-state index contributed by atoms with van der Waals surface area (Å²) in [6, 6.07) is 6.55. The first kappa shape index (κ1) is 22.1. The molecule has 0 N–H and O–H groups in total. The summed E-state index contributed by atoms with van der Waals surface area (Å²) in [6.07, 6.45) is 8.29. The van der Waals surface area contributed by atoms with Crippen LogP contribution in [0.1, 0.15) is 74.5 Å². The molecule has 5 heteroatoms. The van der Waals surface area contributed by atoms with E-state index in [1.54, 1.807) is 7.11 Å². The molecule has 0 unspecified atom stereocenters. The van der Waals surface area contributed by atoms with Crippen molar-refractivity contribution in [2.75, 3.05) is 7.11 Å². The lowest BCUT2D eigenvalue weighted by molar-refractivity contribution is 0.400. The summed E-state index contributed by atoms with van der Waals surface area (Å²) in [6.45, 7) is 11.0. The molecule has 0 aliphatic carbocycles. The van der Waals surface area contributed by atoms with Crippen LogP contribution in [0, 0.1) is 0 Å². The summed E-state index contributed by atoms with van der Waals surface area (Å²) >= 11 is 0. The Kier molecular flexibility index (Phi) is 6.35. The van der Waals surface area contributed by atoms with Crippen LogP contribution in [0.3, 0.4) is 0 Å². The Morgan fingerprint density at radius 3 is 2.41 bits per heavy atom. The molecule has 0 amide bonds. The van der Waals surface area contributed by atoms with Crippen molar-refractivity contribution < 1.29 is 4.74 Å². The topological polar surface area (TPSA) is 60.8 Å². The summed E-state index contributed by atoms with van der Waals surface area (Å²) < 4.78 is 5.60. The van der Waals surface area contributed by atoms with E-state index in [2.05, 4.69) is 62.8 Å². The molecule has 4 rings (SSSR count). The fourth-order valence-electron chi connectivity index (χ4n) is 4.45. The number of pyridine rings is 4. The third-order valence-corrected chi connectivity index (χ3v) is 6.12. The second-order valence-electron chi connectivity index (χ2n) is 8.98. The van der Waals surface area contributed by atoms with Gasteiger partial charge in [-0.1, -0.05) is 34.6 Å².